The summed E-state index contributed by atoms with van der Waals surface area (Å²) in [5, 5.41) is 7.29. The predicted molar refractivity (Wildman–Crippen MR) is 70.3 cm³/mol. The van der Waals surface area contributed by atoms with E-state index in [1.807, 2.05) is 0 Å². The number of morpholine rings is 1. The molecule has 100 valence electrons. The molecule has 0 aromatic heterocycles. The lowest BCUT2D eigenvalue weighted by molar-refractivity contribution is 0.0702. The van der Waals surface area contributed by atoms with Crippen LogP contribution in [0.1, 0.15) is 26.2 Å². The normalized spacial score (nSPS) is 30.4. The van der Waals surface area contributed by atoms with Crippen molar-refractivity contribution in [2.24, 2.45) is 0 Å². The Morgan fingerprint density at radius 1 is 1.41 bits per heavy atom. The fraction of sp³-hybridized carbons (Fsp3) is 1.00. The van der Waals surface area contributed by atoms with Gasteiger partial charge in [-0.3, -0.25) is 0 Å². The first-order valence-corrected chi connectivity index (χ1v) is 7.00. The van der Waals surface area contributed by atoms with Crippen LogP contribution in [0.25, 0.3) is 0 Å². The monoisotopic (exact) mass is 241 g/mol. The second-order valence-electron chi connectivity index (χ2n) is 5.61. The number of nitrogens with one attached hydrogen (secondary N) is 2. The number of likely N-dealkylation sites (tertiary alicyclic amines) is 1. The van der Waals surface area contributed by atoms with Crippen molar-refractivity contribution in [2.75, 3.05) is 39.9 Å². The summed E-state index contributed by atoms with van der Waals surface area (Å²) >= 11 is 0. The predicted octanol–water partition coefficient (Wildman–Crippen LogP) is 0.437. The van der Waals surface area contributed by atoms with Crippen LogP contribution < -0.4 is 10.6 Å². The highest BCUT2D eigenvalue weighted by Crippen LogP contribution is 2.11. The van der Waals surface area contributed by atoms with Gasteiger partial charge in [-0.1, -0.05) is 0 Å². The molecule has 0 spiro atoms. The van der Waals surface area contributed by atoms with Gasteiger partial charge < -0.3 is 20.3 Å². The average molecular weight is 241 g/mol. The van der Waals surface area contributed by atoms with Crippen molar-refractivity contribution in [3.8, 4) is 0 Å². The summed E-state index contributed by atoms with van der Waals surface area (Å²) in [6, 6.07) is 1.84. The average Bonchev–Trinajstić information content (AvgIpc) is 2.33. The van der Waals surface area contributed by atoms with Crippen molar-refractivity contribution in [1.82, 2.24) is 15.5 Å². The second-order valence-corrected chi connectivity index (χ2v) is 5.61. The Labute approximate surface area is 105 Å². The molecule has 2 saturated heterocycles. The fourth-order valence-corrected chi connectivity index (χ4v) is 2.84. The Kier molecular flexibility index (Phi) is 5.22. The van der Waals surface area contributed by atoms with Crippen LogP contribution in [0.4, 0.5) is 0 Å². The van der Waals surface area contributed by atoms with Crippen LogP contribution in [0.15, 0.2) is 0 Å². The molecule has 0 aromatic rings. The third kappa shape index (κ3) is 4.54. The first kappa shape index (κ1) is 13.3. The fourth-order valence-electron chi connectivity index (χ4n) is 2.84. The van der Waals surface area contributed by atoms with Crippen LogP contribution in [0.5, 0.6) is 0 Å². The molecule has 2 aliphatic heterocycles. The molecule has 2 unspecified atom stereocenters. The van der Waals surface area contributed by atoms with Crippen LogP contribution in [0.2, 0.25) is 0 Å². The Bertz CT molecular complexity index is 211. The van der Waals surface area contributed by atoms with Crippen molar-refractivity contribution < 1.29 is 4.74 Å². The van der Waals surface area contributed by atoms with Gasteiger partial charge in [0.05, 0.1) is 13.2 Å². The maximum absolute atomic E-state index is 5.49. The SMILES string of the molecule is CC(CC1COCCN1)NC1CCN(C)CC1. The molecule has 2 aliphatic rings. The largest absolute Gasteiger partial charge is 0.379 e. The van der Waals surface area contributed by atoms with Crippen molar-refractivity contribution in [3.05, 3.63) is 0 Å². The molecule has 2 rings (SSSR count). The summed E-state index contributed by atoms with van der Waals surface area (Å²) in [7, 11) is 2.21. The van der Waals surface area contributed by atoms with Crippen molar-refractivity contribution in [3.63, 3.8) is 0 Å². The molecule has 4 heteroatoms. The highest BCUT2D eigenvalue weighted by Gasteiger charge is 2.21. The molecule has 2 heterocycles. The highest BCUT2D eigenvalue weighted by molar-refractivity contribution is 4.81. The summed E-state index contributed by atoms with van der Waals surface area (Å²) in [5.41, 5.74) is 0. The molecule has 0 bridgehead atoms. The van der Waals surface area contributed by atoms with Gasteiger partial charge in [-0.2, -0.15) is 0 Å². The molecule has 0 aromatic carbocycles. The molecule has 0 saturated carbocycles. The Balaban J connectivity index is 1.64. The van der Waals surface area contributed by atoms with E-state index in [1.165, 1.54) is 32.4 Å². The van der Waals surface area contributed by atoms with E-state index in [2.05, 4.69) is 29.5 Å². The van der Waals surface area contributed by atoms with E-state index in [4.69, 9.17) is 4.74 Å². The van der Waals surface area contributed by atoms with Crippen LogP contribution in [0, 0.1) is 0 Å². The maximum Gasteiger partial charge on any atom is 0.0620 e. The second kappa shape index (κ2) is 6.69. The summed E-state index contributed by atoms with van der Waals surface area (Å²) in [4.78, 5) is 2.42. The molecule has 2 atom stereocenters. The van der Waals surface area contributed by atoms with Gasteiger partial charge in [0, 0.05) is 24.7 Å². The summed E-state index contributed by atoms with van der Waals surface area (Å²) in [6.45, 7) is 7.51. The van der Waals surface area contributed by atoms with E-state index in [-0.39, 0.29) is 0 Å². The molecule has 17 heavy (non-hydrogen) atoms. The van der Waals surface area contributed by atoms with Gasteiger partial charge in [0.25, 0.3) is 0 Å². The van der Waals surface area contributed by atoms with Gasteiger partial charge in [0.15, 0.2) is 0 Å². The number of ether oxygens (including phenoxy) is 1. The minimum absolute atomic E-state index is 0.539. The molecular weight excluding hydrogens is 214 g/mol. The van der Waals surface area contributed by atoms with E-state index in [0.29, 0.717) is 18.1 Å². The minimum atomic E-state index is 0.539. The van der Waals surface area contributed by atoms with Gasteiger partial charge in [0.1, 0.15) is 0 Å². The number of piperidine rings is 1. The van der Waals surface area contributed by atoms with E-state index in [9.17, 15) is 0 Å². The number of nitrogens with zero attached hydrogens (tertiary/aromatic N) is 1. The van der Waals surface area contributed by atoms with E-state index in [1.54, 1.807) is 0 Å². The molecule has 2 N–H and O–H groups in total. The summed E-state index contributed by atoms with van der Waals surface area (Å²) in [5.74, 6) is 0. The minimum Gasteiger partial charge on any atom is -0.379 e. The lowest BCUT2D eigenvalue weighted by atomic mass is 10.0. The first-order valence-electron chi connectivity index (χ1n) is 7.00. The quantitative estimate of drug-likeness (QED) is 0.749. The van der Waals surface area contributed by atoms with Gasteiger partial charge >= 0.3 is 0 Å². The molecule has 0 amide bonds. The number of hydrogen-bond donors (Lipinski definition) is 2. The third-order valence-corrected chi connectivity index (χ3v) is 3.88. The molecule has 4 nitrogen and oxygen atoms in total. The highest BCUT2D eigenvalue weighted by atomic mass is 16.5. The molecular formula is C13H27N3O. The van der Waals surface area contributed by atoms with Gasteiger partial charge in [-0.05, 0) is 46.3 Å². The van der Waals surface area contributed by atoms with Gasteiger partial charge in [-0.15, -0.1) is 0 Å². The smallest absolute Gasteiger partial charge is 0.0620 e. The summed E-state index contributed by atoms with van der Waals surface area (Å²) in [6.07, 6.45) is 3.75. The summed E-state index contributed by atoms with van der Waals surface area (Å²) < 4.78 is 5.49. The third-order valence-electron chi connectivity index (χ3n) is 3.88. The molecule has 0 radical (unpaired) electrons. The van der Waals surface area contributed by atoms with E-state index >= 15 is 0 Å². The van der Waals surface area contributed by atoms with Crippen molar-refractivity contribution >= 4 is 0 Å². The maximum atomic E-state index is 5.49. The number of rotatable bonds is 4. The van der Waals surface area contributed by atoms with Crippen molar-refractivity contribution in [2.45, 2.75) is 44.3 Å². The first-order chi connectivity index (χ1) is 8.24. The number of hydrogen-bond acceptors (Lipinski definition) is 4. The Morgan fingerprint density at radius 2 is 2.18 bits per heavy atom. The van der Waals surface area contributed by atoms with E-state index in [0.717, 1.165) is 19.8 Å². The van der Waals surface area contributed by atoms with Crippen LogP contribution >= 0.6 is 0 Å². The van der Waals surface area contributed by atoms with Gasteiger partial charge in [0.2, 0.25) is 0 Å². The zero-order valence-corrected chi connectivity index (χ0v) is 11.2. The zero-order valence-electron chi connectivity index (χ0n) is 11.2. The lowest BCUT2D eigenvalue weighted by Crippen LogP contribution is -2.48. The van der Waals surface area contributed by atoms with Crippen LogP contribution in [0.3, 0.4) is 0 Å². The lowest BCUT2D eigenvalue weighted by Gasteiger charge is -2.33. The molecule has 0 aliphatic carbocycles. The molecule has 2 fully saturated rings. The Morgan fingerprint density at radius 3 is 2.82 bits per heavy atom. The van der Waals surface area contributed by atoms with Crippen LogP contribution in [-0.2, 0) is 4.74 Å². The topological polar surface area (TPSA) is 36.5 Å². The standard InChI is InChI=1S/C13H27N3O/c1-11(9-13-10-17-8-5-14-13)15-12-3-6-16(2)7-4-12/h11-15H,3-10H2,1-2H3. The van der Waals surface area contributed by atoms with Crippen LogP contribution in [-0.4, -0.2) is 62.9 Å². The zero-order chi connectivity index (χ0) is 12.1. The van der Waals surface area contributed by atoms with Crippen molar-refractivity contribution in [1.29, 1.82) is 0 Å². The van der Waals surface area contributed by atoms with Gasteiger partial charge in [-0.25, -0.2) is 0 Å². The van der Waals surface area contributed by atoms with E-state index < -0.39 is 0 Å². The Hall–Kier alpha value is -0.160.